The van der Waals surface area contributed by atoms with Gasteiger partial charge in [0.05, 0.1) is 5.56 Å². The fourth-order valence-corrected chi connectivity index (χ4v) is 1.94. The van der Waals surface area contributed by atoms with Gasteiger partial charge < -0.3 is 10.2 Å². The molecule has 0 saturated carbocycles. The number of alkyl halides is 3. The number of anilines is 1. The van der Waals surface area contributed by atoms with E-state index in [1.165, 1.54) is 6.07 Å². The Labute approximate surface area is 112 Å². The molecule has 0 saturated heterocycles. The highest BCUT2D eigenvalue weighted by Gasteiger charge is 2.33. The molecule has 0 aliphatic carbocycles. The molecule has 0 aliphatic rings. The first-order valence-corrected chi connectivity index (χ1v) is 6.52. The molecule has 1 N–H and O–H groups in total. The van der Waals surface area contributed by atoms with Crippen molar-refractivity contribution in [2.75, 3.05) is 25.0 Å². The Morgan fingerprint density at radius 3 is 2.42 bits per heavy atom. The van der Waals surface area contributed by atoms with E-state index in [0.29, 0.717) is 17.8 Å². The molecule has 19 heavy (non-hydrogen) atoms. The summed E-state index contributed by atoms with van der Waals surface area (Å²) in [6.07, 6.45) is -3.41. The minimum atomic E-state index is -4.31. The average Bonchev–Trinajstić information content (AvgIpc) is 2.35. The normalized spacial score (nSPS) is 11.7. The van der Waals surface area contributed by atoms with Crippen molar-refractivity contribution in [3.63, 3.8) is 0 Å². The van der Waals surface area contributed by atoms with Crippen LogP contribution in [0.2, 0.25) is 0 Å². The first-order valence-electron chi connectivity index (χ1n) is 6.52. The molecule has 0 bridgehead atoms. The molecule has 0 radical (unpaired) electrons. The highest BCUT2D eigenvalue weighted by Crippen LogP contribution is 2.34. The Bertz CT molecular complexity index is 402. The summed E-state index contributed by atoms with van der Waals surface area (Å²) in [4.78, 5) is 1.84. The lowest BCUT2D eigenvalue weighted by Gasteiger charge is -2.21. The van der Waals surface area contributed by atoms with Gasteiger partial charge >= 0.3 is 6.18 Å². The third-order valence-electron chi connectivity index (χ3n) is 2.96. The lowest BCUT2D eigenvalue weighted by molar-refractivity contribution is -0.138. The van der Waals surface area contributed by atoms with Crippen molar-refractivity contribution >= 4 is 5.69 Å². The number of rotatable bonds is 6. The lowest BCUT2D eigenvalue weighted by atomic mass is 10.1. The standard InChI is InChI=1S/C14H21F3N2/c1-4-8-19(3)12-7-6-11(10-18-5-2)13(9-12)14(15,16)17/h6-7,9,18H,4-5,8,10H2,1-3H3. The molecule has 1 rings (SSSR count). The fraction of sp³-hybridized carbons (Fsp3) is 0.571. The van der Waals surface area contributed by atoms with Gasteiger partial charge in [-0.2, -0.15) is 13.2 Å². The van der Waals surface area contributed by atoms with Crippen LogP contribution in [0.25, 0.3) is 0 Å². The summed E-state index contributed by atoms with van der Waals surface area (Å²) in [6.45, 7) is 5.50. The highest BCUT2D eigenvalue weighted by molar-refractivity contribution is 5.51. The molecule has 0 heterocycles. The van der Waals surface area contributed by atoms with Crippen molar-refractivity contribution in [2.45, 2.75) is 33.0 Å². The topological polar surface area (TPSA) is 15.3 Å². The molecular formula is C14H21F3N2. The van der Waals surface area contributed by atoms with Gasteiger partial charge in [0.25, 0.3) is 0 Å². The van der Waals surface area contributed by atoms with E-state index in [1.54, 1.807) is 12.1 Å². The number of halogens is 3. The Balaban J connectivity index is 3.08. The van der Waals surface area contributed by atoms with Gasteiger partial charge in [0, 0.05) is 25.8 Å². The maximum absolute atomic E-state index is 13.1. The molecule has 2 nitrogen and oxygen atoms in total. The summed E-state index contributed by atoms with van der Waals surface area (Å²) < 4.78 is 39.2. The summed E-state index contributed by atoms with van der Waals surface area (Å²) in [5.74, 6) is 0. The predicted molar refractivity (Wildman–Crippen MR) is 72.4 cm³/mol. The smallest absolute Gasteiger partial charge is 0.375 e. The Morgan fingerprint density at radius 1 is 1.21 bits per heavy atom. The third kappa shape index (κ3) is 4.42. The molecule has 1 aromatic rings. The van der Waals surface area contributed by atoms with Crippen LogP contribution in [0.15, 0.2) is 18.2 Å². The Kier molecular flexibility index (Phi) is 5.66. The monoisotopic (exact) mass is 274 g/mol. The van der Waals surface area contributed by atoms with Gasteiger partial charge in [-0.05, 0) is 30.7 Å². The van der Waals surface area contributed by atoms with E-state index in [0.717, 1.165) is 13.0 Å². The van der Waals surface area contributed by atoms with Gasteiger partial charge in [-0.15, -0.1) is 0 Å². The number of benzene rings is 1. The van der Waals surface area contributed by atoms with Crippen molar-refractivity contribution in [2.24, 2.45) is 0 Å². The molecule has 1 aromatic carbocycles. The van der Waals surface area contributed by atoms with E-state index in [1.807, 2.05) is 25.8 Å². The lowest BCUT2D eigenvalue weighted by Crippen LogP contribution is -2.21. The van der Waals surface area contributed by atoms with E-state index in [9.17, 15) is 13.2 Å². The fourth-order valence-electron chi connectivity index (χ4n) is 1.94. The van der Waals surface area contributed by atoms with Crippen LogP contribution in [0.3, 0.4) is 0 Å². The first kappa shape index (κ1) is 15.8. The second-order valence-corrected chi connectivity index (χ2v) is 4.54. The zero-order valence-electron chi connectivity index (χ0n) is 11.6. The zero-order valence-corrected chi connectivity index (χ0v) is 11.6. The molecular weight excluding hydrogens is 253 g/mol. The van der Waals surface area contributed by atoms with Gasteiger partial charge in [0.1, 0.15) is 0 Å². The summed E-state index contributed by atoms with van der Waals surface area (Å²) in [5.41, 5.74) is 0.353. The number of nitrogens with zero attached hydrogens (tertiary/aromatic N) is 1. The molecule has 0 atom stereocenters. The van der Waals surface area contributed by atoms with E-state index >= 15 is 0 Å². The van der Waals surface area contributed by atoms with Crippen LogP contribution in [0.1, 0.15) is 31.4 Å². The van der Waals surface area contributed by atoms with Crippen molar-refractivity contribution in [3.8, 4) is 0 Å². The van der Waals surface area contributed by atoms with Crippen LogP contribution >= 0.6 is 0 Å². The van der Waals surface area contributed by atoms with Crippen molar-refractivity contribution in [1.82, 2.24) is 5.32 Å². The quantitative estimate of drug-likeness (QED) is 0.851. The summed E-state index contributed by atoms with van der Waals surface area (Å²) in [5, 5.41) is 2.94. The van der Waals surface area contributed by atoms with Crippen LogP contribution in [-0.4, -0.2) is 20.1 Å². The van der Waals surface area contributed by atoms with Crippen LogP contribution in [0.5, 0.6) is 0 Å². The minimum absolute atomic E-state index is 0.239. The van der Waals surface area contributed by atoms with E-state index < -0.39 is 11.7 Å². The molecule has 0 spiro atoms. The Hall–Kier alpha value is -1.23. The van der Waals surface area contributed by atoms with Crippen LogP contribution < -0.4 is 10.2 Å². The van der Waals surface area contributed by atoms with Crippen molar-refractivity contribution in [1.29, 1.82) is 0 Å². The van der Waals surface area contributed by atoms with E-state index in [2.05, 4.69) is 5.32 Å². The second kappa shape index (κ2) is 6.80. The second-order valence-electron chi connectivity index (χ2n) is 4.54. The molecule has 0 aliphatic heterocycles. The highest BCUT2D eigenvalue weighted by atomic mass is 19.4. The van der Waals surface area contributed by atoms with Gasteiger partial charge in [0.15, 0.2) is 0 Å². The Morgan fingerprint density at radius 2 is 1.89 bits per heavy atom. The van der Waals surface area contributed by atoms with E-state index in [4.69, 9.17) is 0 Å². The maximum atomic E-state index is 13.1. The summed E-state index contributed by atoms with van der Waals surface area (Å²) in [6, 6.07) is 4.55. The van der Waals surface area contributed by atoms with Crippen LogP contribution in [-0.2, 0) is 12.7 Å². The summed E-state index contributed by atoms with van der Waals surface area (Å²) >= 11 is 0. The molecule has 5 heteroatoms. The number of hydrogen-bond acceptors (Lipinski definition) is 2. The number of hydrogen-bond donors (Lipinski definition) is 1. The first-order chi connectivity index (χ1) is 8.90. The molecule has 108 valence electrons. The molecule has 0 fully saturated rings. The number of nitrogens with one attached hydrogen (secondary N) is 1. The van der Waals surface area contributed by atoms with Gasteiger partial charge in [-0.1, -0.05) is 19.9 Å². The average molecular weight is 274 g/mol. The molecule has 0 aromatic heterocycles. The van der Waals surface area contributed by atoms with E-state index in [-0.39, 0.29) is 6.54 Å². The van der Waals surface area contributed by atoms with Gasteiger partial charge in [-0.3, -0.25) is 0 Å². The van der Waals surface area contributed by atoms with Gasteiger partial charge in [-0.25, -0.2) is 0 Å². The molecule has 0 amide bonds. The predicted octanol–water partition coefficient (Wildman–Crippen LogP) is 3.66. The van der Waals surface area contributed by atoms with Crippen molar-refractivity contribution < 1.29 is 13.2 Å². The third-order valence-corrected chi connectivity index (χ3v) is 2.96. The van der Waals surface area contributed by atoms with Crippen LogP contribution in [0, 0.1) is 0 Å². The minimum Gasteiger partial charge on any atom is -0.375 e. The zero-order chi connectivity index (χ0) is 14.5. The van der Waals surface area contributed by atoms with Crippen molar-refractivity contribution in [3.05, 3.63) is 29.3 Å². The van der Waals surface area contributed by atoms with Gasteiger partial charge in [0.2, 0.25) is 0 Å². The SMILES string of the molecule is CCCN(C)c1ccc(CNCC)c(C(F)(F)F)c1. The maximum Gasteiger partial charge on any atom is 0.416 e. The molecule has 0 unspecified atom stereocenters. The summed E-state index contributed by atoms with van der Waals surface area (Å²) in [7, 11) is 1.81. The largest absolute Gasteiger partial charge is 0.416 e. The van der Waals surface area contributed by atoms with Crippen LogP contribution in [0.4, 0.5) is 18.9 Å².